The number of nitrogens with one attached hydrogen (secondary N) is 2. The highest BCUT2D eigenvalue weighted by Crippen LogP contribution is 2.15. The van der Waals surface area contributed by atoms with Crippen LogP contribution in [-0.2, 0) is 0 Å². The zero-order valence-corrected chi connectivity index (χ0v) is 17.7. The summed E-state index contributed by atoms with van der Waals surface area (Å²) in [7, 11) is 0. The van der Waals surface area contributed by atoms with Crippen molar-refractivity contribution in [1.29, 1.82) is 0 Å². The normalized spacial score (nSPS) is 15.8. The lowest BCUT2D eigenvalue weighted by Gasteiger charge is -2.33. The molecule has 1 fully saturated rings. The molecule has 1 aliphatic heterocycles. The molecule has 0 spiro atoms. The molecule has 136 valence electrons. The molecule has 0 atom stereocenters. The van der Waals surface area contributed by atoms with E-state index in [4.69, 9.17) is 4.99 Å². The maximum atomic E-state index is 11.8. The Balaban J connectivity index is 0.00000288. The van der Waals surface area contributed by atoms with Crippen LogP contribution in [0.4, 0.5) is 0 Å². The lowest BCUT2D eigenvalue weighted by Crippen LogP contribution is -2.45. The van der Waals surface area contributed by atoms with Gasteiger partial charge in [0, 0.05) is 32.7 Å². The molecule has 1 aliphatic rings. The summed E-state index contributed by atoms with van der Waals surface area (Å²) in [6.45, 7) is 8.88. The Morgan fingerprint density at radius 3 is 2.75 bits per heavy atom. The number of nitrogens with zero attached hydrogens (tertiary/aromatic N) is 2. The maximum Gasteiger partial charge on any atom is 0.261 e. The number of carbonyl (C=O) groups is 1. The third-order valence-corrected chi connectivity index (χ3v) is 4.91. The van der Waals surface area contributed by atoms with Gasteiger partial charge in [-0.2, -0.15) is 0 Å². The minimum atomic E-state index is 0. The third-order valence-electron chi connectivity index (χ3n) is 4.05. The molecule has 0 aliphatic carbocycles. The maximum absolute atomic E-state index is 11.8. The molecular formula is C17H29IN4OS. The average Bonchev–Trinajstić information content (AvgIpc) is 3.09. The molecule has 2 N–H and O–H groups in total. The summed E-state index contributed by atoms with van der Waals surface area (Å²) in [5.74, 6) is 1.85. The third kappa shape index (κ3) is 6.96. The second kappa shape index (κ2) is 11.7. The van der Waals surface area contributed by atoms with Crippen molar-refractivity contribution in [2.24, 2.45) is 10.9 Å². The Labute approximate surface area is 166 Å². The Hall–Kier alpha value is -0.830. The molecule has 2 rings (SSSR count). The van der Waals surface area contributed by atoms with Crippen LogP contribution in [0.5, 0.6) is 0 Å². The van der Waals surface area contributed by atoms with Gasteiger partial charge in [-0.1, -0.05) is 13.0 Å². The van der Waals surface area contributed by atoms with Gasteiger partial charge in [0.15, 0.2) is 5.96 Å². The van der Waals surface area contributed by atoms with Crippen LogP contribution in [0.2, 0.25) is 0 Å². The minimum absolute atomic E-state index is 0. The van der Waals surface area contributed by atoms with Gasteiger partial charge in [0.25, 0.3) is 5.91 Å². The minimum Gasteiger partial charge on any atom is -0.357 e. The molecule has 7 heteroatoms. The molecule has 24 heavy (non-hydrogen) atoms. The molecule has 0 saturated carbocycles. The van der Waals surface area contributed by atoms with E-state index in [0.717, 1.165) is 49.4 Å². The fourth-order valence-electron chi connectivity index (χ4n) is 2.61. The first-order valence-corrected chi connectivity index (χ1v) is 9.43. The zero-order valence-electron chi connectivity index (χ0n) is 14.6. The Morgan fingerprint density at radius 2 is 2.12 bits per heavy atom. The summed E-state index contributed by atoms with van der Waals surface area (Å²) < 4.78 is 0. The van der Waals surface area contributed by atoms with Crippen LogP contribution in [-0.4, -0.2) is 49.5 Å². The van der Waals surface area contributed by atoms with Gasteiger partial charge in [-0.25, -0.2) is 0 Å². The topological polar surface area (TPSA) is 56.7 Å². The predicted octanol–water partition coefficient (Wildman–Crippen LogP) is 3.18. The lowest BCUT2D eigenvalue weighted by atomic mass is 10.00. The Kier molecular flexibility index (Phi) is 10.3. The summed E-state index contributed by atoms with van der Waals surface area (Å²) in [5, 5.41) is 8.24. The number of hydrogen-bond donors (Lipinski definition) is 2. The van der Waals surface area contributed by atoms with Crippen LogP contribution in [0, 0.1) is 5.92 Å². The van der Waals surface area contributed by atoms with E-state index in [1.165, 1.54) is 24.2 Å². The molecule has 0 radical (unpaired) electrons. The highest BCUT2D eigenvalue weighted by molar-refractivity contribution is 14.0. The number of amides is 1. The van der Waals surface area contributed by atoms with E-state index in [1.54, 1.807) is 0 Å². The van der Waals surface area contributed by atoms with Gasteiger partial charge in [0.05, 0.1) is 4.88 Å². The van der Waals surface area contributed by atoms with Crippen molar-refractivity contribution in [3.8, 4) is 0 Å². The summed E-state index contributed by atoms with van der Waals surface area (Å²) in [6.07, 6.45) is 3.33. The fraction of sp³-hybridized carbons (Fsp3) is 0.647. The molecule has 1 aromatic rings. The molecule has 1 saturated heterocycles. The molecule has 2 heterocycles. The average molecular weight is 464 g/mol. The van der Waals surface area contributed by atoms with Crippen LogP contribution in [0.3, 0.4) is 0 Å². The molecule has 5 nitrogen and oxygen atoms in total. The number of hydrogen-bond acceptors (Lipinski definition) is 3. The first-order valence-electron chi connectivity index (χ1n) is 8.55. The van der Waals surface area contributed by atoms with Gasteiger partial charge < -0.3 is 15.5 Å². The van der Waals surface area contributed by atoms with Crippen molar-refractivity contribution in [1.82, 2.24) is 15.5 Å². The highest BCUT2D eigenvalue weighted by atomic mass is 127. The number of guanidine groups is 1. The largest absolute Gasteiger partial charge is 0.357 e. The van der Waals surface area contributed by atoms with Gasteiger partial charge in [0.1, 0.15) is 0 Å². The summed E-state index contributed by atoms with van der Waals surface area (Å²) in [6, 6.07) is 3.74. The van der Waals surface area contributed by atoms with E-state index in [2.05, 4.69) is 29.4 Å². The molecule has 0 aromatic carbocycles. The first-order chi connectivity index (χ1) is 11.2. The Bertz CT molecular complexity index is 499. The predicted molar refractivity (Wildman–Crippen MR) is 113 cm³/mol. The van der Waals surface area contributed by atoms with Crippen molar-refractivity contribution in [2.45, 2.75) is 33.1 Å². The quantitative estimate of drug-likeness (QED) is 0.294. The highest BCUT2D eigenvalue weighted by Gasteiger charge is 2.18. The molecule has 0 unspecified atom stereocenters. The zero-order chi connectivity index (χ0) is 16.5. The van der Waals surface area contributed by atoms with Crippen LogP contribution in [0.1, 0.15) is 42.8 Å². The van der Waals surface area contributed by atoms with Crippen LogP contribution >= 0.6 is 35.3 Å². The molecule has 0 bridgehead atoms. The van der Waals surface area contributed by atoms with E-state index in [9.17, 15) is 4.79 Å². The van der Waals surface area contributed by atoms with Gasteiger partial charge >= 0.3 is 0 Å². The summed E-state index contributed by atoms with van der Waals surface area (Å²) >= 11 is 1.47. The number of carbonyl (C=O) groups excluding carboxylic acids is 1. The van der Waals surface area contributed by atoms with E-state index >= 15 is 0 Å². The lowest BCUT2D eigenvalue weighted by molar-refractivity contribution is 0.0957. The van der Waals surface area contributed by atoms with Gasteiger partial charge in [-0.05, 0) is 43.6 Å². The Morgan fingerprint density at radius 1 is 1.38 bits per heavy atom. The van der Waals surface area contributed by atoms with Gasteiger partial charge in [-0.3, -0.25) is 9.79 Å². The van der Waals surface area contributed by atoms with Crippen molar-refractivity contribution in [3.63, 3.8) is 0 Å². The van der Waals surface area contributed by atoms with Gasteiger partial charge in [-0.15, -0.1) is 35.3 Å². The van der Waals surface area contributed by atoms with Crippen molar-refractivity contribution in [2.75, 3.05) is 32.7 Å². The second-order valence-corrected chi connectivity index (χ2v) is 6.94. The van der Waals surface area contributed by atoms with Crippen molar-refractivity contribution in [3.05, 3.63) is 22.4 Å². The van der Waals surface area contributed by atoms with E-state index in [0.29, 0.717) is 6.54 Å². The second-order valence-electron chi connectivity index (χ2n) is 5.99. The summed E-state index contributed by atoms with van der Waals surface area (Å²) in [4.78, 5) is 19.7. The van der Waals surface area contributed by atoms with Gasteiger partial charge in [0.2, 0.25) is 0 Å². The molecular weight excluding hydrogens is 435 g/mol. The number of rotatable bonds is 6. The SMILES string of the molecule is CCNC(=NCCCNC(=O)c1cccs1)N1CCC(C)CC1.I. The molecule has 1 amide bonds. The standard InChI is InChI=1S/C17H28N4OS.HI/c1-3-18-17(21-11-7-14(2)8-12-21)20-10-5-9-19-16(22)15-6-4-13-23-15;/h4,6,13-14H,3,5,7-12H2,1-2H3,(H,18,20)(H,19,22);1H. The number of halogens is 1. The van der Waals surface area contributed by atoms with Crippen molar-refractivity contribution < 1.29 is 4.79 Å². The number of likely N-dealkylation sites (tertiary alicyclic amines) is 1. The van der Waals surface area contributed by atoms with Crippen LogP contribution in [0.25, 0.3) is 0 Å². The fourth-order valence-corrected chi connectivity index (χ4v) is 3.25. The van der Waals surface area contributed by atoms with E-state index < -0.39 is 0 Å². The van der Waals surface area contributed by atoms with Crippen LogP contribution < -0.4 is 10.6 Å². The number of thiophene rings is 1. The first kappa shape index (κ1) is 21.2. The van der Waals surface area contributed by atoms with Crippen molar-refractivity contribution >= 4 is 47.2 Å². The smallest absolute Gasteiger partial charge is 0.261 e. The molecule has 1 aromatic heterocycles. The number of piperidine rings is 1. The van der Waals surface area contributed by atoms with E-state index in [-0.39, 0.29) is 29.9 Å². The van der Waals surface area contributed by atoms with E-state index in [1.807, 2.05) is 17.5 Å². The monoisotopic (exact) mass is 464 g/mol. The summed E-state index contributed by atoms with van der Waals surface area (Å²) in [5.41, 5.74) is 0. The number of aliphatic imine (C=N–C) groups is 1. The van der Waals surface area contributed by atoms with Crippen LogP contribution in [0.15, 0.2) is 22.5 Å².